The van der Waals surface area contributed by atoms with Crippen LogP contribution in [0.2, 0.25) is 0 Å². The lowest BCUT2D eigenvalue weighted by atomic mass is 10.1. The van der Waals surface area contributed by atoms with Crippen LogP contribution in [0.5, 0.6) is 0 Å². The highest BCUT2D eigenvalue weighted by atomic mass is 16.5. The fraction of sp³-hybridized carbons (Fsp3) is 0.250. The molecule has 0 fully saturated rings. The first-order chi connectivity index (χ1) is 7.31. The van der Waals surface area contributed by atoms with Gasteiger partial charge in [-0.3, -0.25) is 4.98 Å². The fourth-order valence-corrected chi connectivity index (χ4v) is 1.52. The maximum atomic E-state index is 5.89. The molecule has 15 heavy (non-hydrogen) atoms. The number of nitrogens with two attached hydrogens (primary N) is 1. The van der Waals surface area contributed by atoms with Crippen LogP contribution in [0.1, 0.15) is 12.6 Å². The van der Waals surface area contributed by atoms with Crippen molar-refractivity contribution >= 4 is 16.5 Å². The lowest BCUT2D eigenvalue weighted by Crippen LogP contribution is -1.96. The van der Waals surface area contributed by atoms with Gasteiger partial charge in [-0.05, 0) is 19.1 Å². The summed E-state index contributed by atoms with van der Waals surface area (Å²) in [6, 6.07) is 7.82. The van der Waals surface area contributed by atoms with E-state index in [0.717, 1.165) is 22.2 Å². The lowest BCUT2D eigenvalue weighted by Gasteiger charge is -2.04. The lowest BCUT2D eigenvalue weighted by molar-refractivity contribution is 0.131. The molecule has 0 aliphatic rings. The van der Waals surface area contributed by atoms with Crippen molar-refractivity contribution in [3.05, 3.63) is 36.2 Å². The van der Waals surface area contributed by atoms with Crippen LogP contribution in [0.3, 0.4) is 0 Å². The Balaban J connectivity index is 2.41. The monoisotopic (exact) mass is 202 g/mol. The van der Waals surface area contributed by atoms with Gasteiger partial charge in [-0.2, -0.15) is 0 Å². The van der Waals surface area contributed by atoms with Crippen molar-refractivity contribution in [3.8, 4) is 0 Å². The van der Waals surface area contributed by atoms with Crippen LogP contribution in [0.15, 0.2) is 30.5 Å². The predicted octanol–water partition coefficient (Wildman–Crippen LogP) is 2.35. The molecule has 0 aliphatic carbocycles. The van der Waals surface area contributed by atoms with Gasteiger partial charge < -0.3 is 10.5 Å². The molecule has 3 heteroatoms. The Bertz CT molecular complexity index is 468. The molecule has 0 unspecified atom stereocenters. The minimum Gasteiger partial charge on any atom is -0.398 e. The molecular weight excluding hydrogens is 188 g/mol. The molecule has 1 aromatic carbocycles. The van der Waals surface area contributed by atoms with Gasteiger partial charge in [-0.1, -0.05) is 12.1 Å². The highest BCUT2D eigenvalue weighted by molar-refractivity contribution is 5.92. The van der Waals surface area contributed by atoms with E-state index in [1.807, 2.05) is 37.4 Å². The SMILES string of the molecule is CCOCc1cc2c(N)cccc2cn1. The number of anilines is 1. The summed E-state index contributed by atoms with van der Waals surface area (Å²) in [5.41, 5.74) is 7.59. The van der Waals surface area contributed by atoms with Gasteiger partial charge in [-0.15, -0.1) is 0 Å². The van der Waals surface area contributed by atoms with Crippen molar-refractivity contribution in [2.24, 2.45) is 0 Å². The molecule has 0 amide bonds. The van der Waals surface area contributed by atoms with Gasteiger partial charge in [0.15, 0.2) is 0 Å². The number of hydrogen-bond donors (Lipinski definition) is 1. The maximum Gasteiger partial charge on any atom is 0.0887 e. The topological polar surface area (TPSA) is 48.1 Å². The van der Waals surface area contributed by atoms with Crippen molar-refractivity contribution in [1.29, 1.82) is 0 Å². The largest absolute Gasteiger partial charge is 0.398 e. The van der Waals surface area contributed by atoms with Crippen molar-refractivity contribution in [3.63, 3.8) is 0 Å². The summed E-state index contributed by atoms with van der Waals surface area (Å²) >= 11 is 0. The Morgan fingerprint density at radius 1 is 1.40 bits per heavy atom. The molecule has 0 radical (unpaired) electrons. The van der Waals surface area contributed by atoms with Gasteiger partial charge in [0.05, 0.1) is 12.3 Å². The first-order valence-electron chi connectivity index (χ1n) is 5.02. The zero-order valence-electron chi connectivity index (χ0n) is 8.73. The van der Waals surface area contributed by atoms with E-state index in [4.69, 9.17) is 10.5 Å². The number of pyridine rings is 1. The highest BCUT2D eigenvalue weighted by Crippen LogP contribution is 2.20. The standard InChI is InChI=1S/C12H14N2O/c1-2-15-8-10-6-11-9(7-14-10)4-3-5-12(11)13/h3-7H,2,8,13H2,1H3. The van der Waals surface area contributed by atoms with Crippen LogP contribution >= 0.6 is 0 Å². The average molecular weight is 202 g/mol. The zero-order chi connectivity index (χ0) is 10.7. The molecule has 0 saturated carbocycles. The summed E-state index contributed by atoms with van der Waals surface area (Å²) in [7, 11) is 0. The van der Waals surface area contributed by atoms with E-state index < -0.39 is 0 Å². The van der Waals surface area contributed by atoms with Crippen LogP contribution in [0.25, 0.3) is 10.8 Å². The number of rotatable bonds is 3. The van der Waals surface area contributed by atoms with Gasteiger partial charge in [-0.25, -0.2) is 0 Å². The van der Waals surface area contributed by atoms with Crippen molar-refractivity contribution in [1.82, 2.24) is 4.98 Å². The van der Waals surface area contributed by atoms with E-state index in [2.05, 4.69) is 4.98 Å². The first-order valence-corrected chi connectivity index (χ1v) is 5.02. The van der Waals surface area contributed by atoms with Gasteiger partial charge in [0.1, 0.15) is 0 Å². The summed E-state index contributed by atoms with van der Waals surface area (Å²) in [5.74, 6) is 0. The number of nitrogens with zero attached hydrogens (tertiary/aromatic N) is 1. The fourth-order valence-electron chi connectivity index (χ4n) is 1.52. The average Bonchev–Trinajstić information content (AvgIpc) is 2.27. The molecule has 0 saturated heterocycles. The van der Waals surface area contributed by atoms with Crippen molar-refractivity contribution < 1.29 is 4.74 Å². The van der Waals surface area contributed by atoms with Gasteiger partial charge >= 0.3 is 0 Å². The van der Waals surface area contributed by atoms with Crippen LogP contribution in [-0.2, 0) is 11.3 Å². The normalized spacial score (nSPS) is 10.7. The zero-order valence-corrected chi connectivity index (χ0v) is 8.73. The molecule has 0 atom stereocenters. The molecule has 2 rings (SSSR count). The maximum absolute atomic E-state index is 5.89. The van der Waals surface area contributed by atoms with E-state index in [1.54, 1.807) is 0 Å². The number of ether oxygens (including phenoxy) is 1. The van der Waals surface area contributed by atoms with Crippen LogP contribution < -0.4 is 5.73 Å². The number of hydrogen-bond acceptors (Lipinski definition) is 3. The van der Waals surface area contributed by atoms with Gasteiger partial charge in [0.2, 0.25) is 0 Å². The molecule has 0 bridgehead atoms. The van der Waals surface area contributed by atoms with E-state index in [-0.39, 0.29) is 0 Å². The minimum absolute atomic E-state index is 0.542. The molecule has 1 aromatic heterocycles. The second-order valence-electron chi connectivity index (χ2n) is 3.38. The quantitative estimate of drug-likeness (QED) is 0.777. The van der Waals surface area contributed by atoms with E-state index in [0.29, 0.717) is 13.2 Å². The minimum atomic E-state index is 0.542. The molecule has 0 aliphatic heterocycles. The van der Waals surface area contributed by atoms with E-state index in [1.165, 1.54) is 0 Å². The summed E-state index contributed by atoms with van der Waals surface area (Å²) in [5, 5.41) is 2.11. The molecule has 1 heterocycles. The molecule has 3 nitrogen and oxygen atoms in total. The molecule has 0 spiro atoms. The second kappa shape index (κ2) is 4.28. The number of nitrogen functional groups attached to an aromatic ring is 1. The summed E-state index contributed by atoms with van der Waals surface area (Å²) < 4.78 is 5.31. The van der Waals surface area contributed by atoms with Gasteiger partial charge in [0.25, 0.3) is 0 Å². The second-order valence-corrected chi connectivity index (χ2v) is 3.38. The number of aromatic nitrogens is 1. The summed E-state index contributed by atoms with van der Waals surface area (Å²) in [6.07, 6.45) is 1.83. The molecule has 2 aromatic rings. The van der Waals surface area contributed by atoms with Crippen LogP contribution in [0, 0.1) is 0 Å². The first kappa shape index (κ1) is 9.93. The molecule has 2 N–H and O–H groups in total. The summed E-state index contributed by atoms with van der Waals surface area (Å²) in [6.45, 7) is 3.21. The van der Waals surface area contributed by atoms with Crippen LogP contribution in [0.4, 0.5) is 5.69 Å². The van der Waals surface area contributed by atoms with Crippen molar-refractivity contribution in [2.75, 3.05) is 12.3 Å². The van der Waals surface area contributed by atoms with Gasteiger partial charge in [0, 0.05) is 29.3 Å². The highest BCUT2D eigenvalue weighted by Gasteiger charge is 2.00. The van der Waals surface area contributed by atoms with E-state index in [9.17, 15) is 0 Å². The van der Waals surface area contributed by atoms with Crippen molar-refractivity contribution in [2.45, 2.75) is 13.5 Å². The Labute approximate surface area is 88.9 Å². The Morgan fingerprint density at radius 3 is 3.07 bits per heavy atom. The number of benzene rings is 1. The molecular formula is C12H14N2O. The third-order valence-corrected chi connectivity index (χ3v) is 2.31. The Hall–Kier alpha value is -1.61. The smallest absolute Gasteiger partial charge is 0.0887 e. The van der Waals surface area contributed by atoms with E-state index >= 15 is 0 Å². The number of fused-ring (bicyclic) bond motifs is 1. The Kier molecular flexibility index (Phi) is 2.83. The Morgan fingerprint density at radius 2 is 2.27 bits per heavy atom. The predicted molar refractivity (Wildman–Crippen MR) is 61.5 cm³/mol. The third-order valence-electron chi connectivity index (χ3n) is 2.31. The summed E-state index contributed by atoms with van der Waals surface area (Å²) in [4.78, 5) is 4.30. The third kappa shape index (κ3) is 2.07. The van der Waals surface area contributed by atoms with Crippen LogP contribution in [-0.4, -0.2) is 11.6 Å². The molecule has 78 valence electrons.